The molecule has 34 heavy (non-hydrogen) atoms. The van der Waals surface area contributed by atoms with Crippen LogP contribution in [-0.4, -0.2) is 26.6 Å². The van der Waals surface area contributed by atoms with E-state index in [-0.39, 0.29) is 38.0 Å². The predicted octanol–water partition coefficient (Wildman–Crippen LogP) is 5.11. The summed E-state index contributed by atoms with van der Waals surface area (Å²) in [5.74, 6) is -2.18. The summed E-state index contributed by atoms with van der Waals surface area (Å²) >= 11 is 6.46. The summed E-state index contributed by atoms with van der Waals surface area (Å²) in [5, 5.41) is 5.33. The highest BCUT2D eigenvalue weighted by molar-refractivity contribution is 7.21. The Morgan fingerprint density at radius 3 is 2.41 bits per heavy atom. The second-order valence-corrected chi connectivity index (χ2v) is 9.08. The minimum atomic E-state index is -4.83. The molecule has 1 aliphatic carbocycles. The van der Waals surface area contributed by atoms with Crippen molar-refractivity contribution >= 4 is 50.7 Å². The normalized spacial score (nSPS) is 14.6. The van der Waals surface area contributed by atoms with Gasteiger partial charge in [0.2, 0.25) is 5.91 Å². The van der Waals surface area contributed by atoms with E-state index in [0.29, 0.717) is 24.2 Å². The van der Waals surface area contributed by atoms with Gasteiger partial charge in [0.25, 0.3) is 5.91 Å². The number of aromatic nitrogens is 3. The fourth-order valence-corrected chi connectivity index (χ4v) is 4.99. The number of carbonyl (C=O) groups is 2. The highest BCUT2D eigenvalue weighted by Gasteiger charge is 2.42. The van der Waals surface area contributed by atoms with E-state index in [1.807, 2.05) is 0 Å². The lowest BCUT2D eigenvalue weighted by Gasteiger charge is -2.11. The van der Waals surface area contributed by atoms with Gasteiger partial charge in [0.15, 0.2) is 5.69 Å². The number of nitrogens with zero attached hydrogens (tertiary/aromatic N) is 3. The fourth-order valence-electron chi connectivity index (χ4n) is 3.54. The zero-order chi connectivity index (χ0) is 25.2. The number of amides is 2. The van der Waals surface area contributed by atoms with Crippen molar-refractivity contribution in [3.8, 4) is 0 Å². The Morgan fingerprint density at radius 2 is 1.88 bits per heavy atom. The molecule has 4 rings (SSSR count). The molecule has 3 aromatic heterocycles. The Bertz CT molecular complexity index is 1330. The first-order valence-corrected chi connectivity index (χ1v) is 10.8. The van der Waals surface area contributed by atoms with Crippen LogP contribution in [0.25, 0.3) is 10.2 Å². The molecule has 1 saturated carbocycles. The standard InChI is InChI=1S/C19H14ClF6N5O2S/c1-6-4-8(18(21,22)23)28-17-10(6)12(14(34-17)16(27)33)29-9(32)5-31-13(7-2-3-7)11(20)15(30-31)19(24,25)26/h4,7H,2-3,5H2,1H3,(H2,27,33)(H,29,32). The molecule has 0 aliphatic heterocycles. The van der Waals surface area contributed by atoms with Gasteiger partial charge in [0, 0.05) is 11.3 Å². The first-order valence-electron chi connectivity index (χ1n) is 9.62. The van der Waals surface area contributed by atoms with Gasteiger partial charge in [-0.05, 0) is 31.4 Å². The molecule has 2 amide bonds. The van der Waals surface area contributed by atoms with Gasteiger partial charge in [0.1, 0.15) is 21.9 Å². The molecule has 1 aliphatic rings. The van der Waals surface area contributed by atoms with Gasteiger partial charge in [-0.15, -0.1) is 11.3 Å². The number of pyridine rings is 1. The number of hydrogen-bond acceptors (Lipinski definition) is 5. The number of halogens is 7. The maximum absolute atomic E-state index is 13.2. The van der Waals surface area contributed by atoms with Crippen LogP contribution in [0.2, 0.25) is 5.02 Å². The Balaban J connectivity index is 1.72. The van der Waals surface area contributed by atoms with Crippen LogP contribution in [0, 0.1) is 6.92 Å². The van der Waals surface area contributed by atoms with Crippen molar-refractivity contribution in [1.82, 2.24) is 14.8 Å². The lowest BCUT2D eigenvalue weighted by Crippen LogP contribution is -2.23. The van der Waals surface area contributed by atoms with E-state index in [4.69, 9.17) is 17.3 Å². The number of fused-ring (bicyclic) bond motifs is 1. The average Bonchev–Trinajstić information content (AvgIpc) is 3.36. The molecule has 7 nitrogen and oxygen atoms in total. The zero-order valence-corrected chi connectivity index (χ0v) is 18.6. The number of hydrogen-bond donors (Lipinski definition) is 2. The van der Waals surface area contributed by atoms with Crippen molar-refractivity contribution in [2.45, 2.75) is 44.6 Å². The van der Waals surface area contributed by atoms with E-state index in [2.05, 4.69) is 15.4 Å². The first-order chi connectivity index (χ1) is 15.7. The quantitative estimate of drug-likeness (QED) is 0.452. The molecule has 3 N–H and O–H groups in total. The molecular weight excluding hydrogens is 512 g/mol. The van der Waals surface area contributed by atoms with Gasteiger partial charge < -0.3 is 11.1 Å². The molecule has 0 saturated heterocycles. The third kappa shape index (κ3) is 4.43. The van der Waals surface area contributed by atoms with Gasteiger partial charge in [-0.2, -0.15) is 31.4 Å². The number of alkyl halides is 6. The minimum Gasteiger partial charge on any atom is -0.365 e. The summed E-state index contributed by atoms with van der Waals surface area (Å²) in [6.45, 7) is 0.658. The largest absolute Gasteiger partial charge is 0.436 e. The molecule has 0 atom stereocenters. The fraction of sp³-hybridized carbons (Fsp3) is 0.368. The van der Waals surface area contributed by atoms with Gasteiger partial charge in [-0.3, -0.25) is 14.3 Å². The van der Waals surface area contributed by atoms with Gasteiger partial charge in [-0.25, -0.2) is 4.98 Å². The number of rotatable bonds is 5. The summed E-state index contributed by atoms with van der Waals surface area (Å²) in [6.07, 6.45) is -8.41. The van der Waals surface area contributed by atoms with Crippen molar-refractivity contribution in [3.05, 3.63) is 38.6 Å². The van der Waals surface area contributed by atoms with Crippen LogP contribution in [0.15, 0.2) is 6.07 Å². The van der Waals surface area contributed by atoms with Crippen LogP contribution in [0.1, 0.15) is 51.1 Å². The second kappa shape index (κ2) is 8.12. The van der Waals surface area contributed by atoms with E-state index in [1.54, 1.807) is 0 Å². The maximum Gasteiger partial charge on any atom is 0.436 e. The molecule has 0 bridgehead atoms. The van der Waals surface area contributed by atoms with E-state index >= 15 is 0 Å². The van der Waals surface area contributed by atoms with Crippen molar-refractivity contribution in [2.75, 3.05) is 5.32 Å². The first kappa shape index (κ1) is 24.3. The number of nitrogens with two attached hydrogens (primary N) is 1. The van der Waals surface area contributed by atoms with E-state index < -0.39 is 47.1 Å². The van der Waals surface area contributed by atoms with Crippen molar-refractivity contribution in [3.63, 3.8) is 0 Å². The monoisotopic (exact) mass is 525 g/mol. The van der Waals surface area contributed by atoms with Crippen LogP contribution in [0.4, 0.5) is 32.0 Å². The molecule has 0 radical (unpaired) electrons. The van der Waals surface area contributed by atoms with Crippen molar-refractivity contribution < 1.29 is 35.9 Å². The van der Waals surface area contributed by atoms with Crippen LogP contribution < -0.4 is 11.1 Å². The molecule has 0 spiro atoms. The molecule has 3 aromatic rings. The van der Waals surface area contributed by atoms with E-state index in [1.165, 1.54) is 6.92 Å². The van der Waals surface area contributed by atoms with Gasteiger partial charge >= 0.3 is 12.4 Å². The van der Waals surface area contributed by atoms with Crippen LogP contribution >= 0.6 is 22.9 Å². The highest BCUT2D eigenvalue weighted by atomic mass is 35.5. The average molecular weight is 526 g/mol. The zero-order valence-electron chi connectivity index (χ0n) is 17.1. The summed E-state index contributed by atoms with van der Waals surface area (Å²) in [4.78, 5) is 27.7. The molecule has 1 fully saturated rings. The SMILES string of the molecule is Cc1cc(C(F)(F)F)nc2sc(C(N)=O)c(NC(=O)Cn3nc(C(F)(F)F)c(Cl)c3C3CC3)c12. The van der Waals surface area contributed by atoms with Crippen LogP contribution in [-0.2, 0) is 23.7 Å². The topological polar surface area (TPSA) is 103 Å². The number of carbonyl (C=O) groups excluding carboxylic acids is 2. The number of nitrogens with one attached hydrogen (secondary N) is 1. The summed E-state index contributed by atoms with van der Waals surface area (Å²) < 4.78 is 80.0. The Kier molecular flexibility index (Phi) is 5.79. The number of anilines is 1. The van der Waals surface area contributed by atoms with Gasteiger partial charge in [-0.1, -0.05) is 11.6 Å². The molecule has 0 unspecified atom stereocenters. The third-order valence-corrected chi connectivity index (χ3v) is 6.57. The second-order valence-electron chi connectivity index (χ2n) is 7.70. The Morgan fingerprint density at radius 1 is 1.24 bits per heavy atom. The lowest BCUT2D eigenvalue weighted by atomic mass is 10.1. The molecule has 0 aromatic carbocycles. The Labute approximate surface area is 195 Å². The number of aryl methyl sites for hydroxylation is 1. The van der Waals surface area contributed by atoms with Crippen molar-refractivity contribution in [1.29, 1.82) is 0 Å². The summed E-state index contributed by atoms with van der Waals surface area (Å²) in [6, 6.07) is 0.754. The smallest absolute Gasteiger partial charge is 0.365 e. The maximum atomic E-state index is 13.2. The molecule has 182 valence electrons. The lowest BCUT2D eigenvalue weighted by molar-refractivity contribution is -0.142. The van der Waals surface area contributed by atoms with Gasteiger partial charge in [0.05, 0.1) is 16.4 Å². The number of thiophene rings is 1. The predicted molar refractivity (Wildman–Crippen MR) is 111 cm³/mol. The molecule has 15 heteroatoms. The number of primary amides is 1. The van der Waals surface area contributed by atoms with Crippen LogP contribution in [0.5, 0.6) is 0 Å². The van der Waals surface area contributed by atoms with Crippen LogP contribution in [0.3, 0.4) is 0 Å². The highest BCUT2D eigenvalue weighted by Crippen LogP contribution is 2.47. The summed E-state index contributed by atoms with van der Waals surface area (Å²) in [5.41, 5.74) is 2.80. The molecule has 3 heterocycles. The molecular formula is C19H14ClF6N5O2S. The minimum absolute atomic E-state index is 0.0662. The van der Waals surface area contributed by atoms with E-state index in [9.17, 15) is 35.9 Å². The summed E-state index contributed by atoms with van der Waals surface area (Å²) in [7, 11) is 0. The van der Waals surface area contributed by atoms with Crippen molar-refractivity contribution in [2.24, 2.45) is 5.73 Å². The van der Waals surface area contributed by atoms with E-state index in [0.717, 1.165) is 10.7 Å². The Hall–Kier alpha value is -2.87. The third-order valence-electron chi connectivity index (χ3n) is 5.10.